The van der Waals surface area contributed by atoms with Gasteiger partial charge < -0.3 is 11.1 Å². The molecule has 0 saturated heterocycles. The van der Waals surface area contributed by atoms with Crippen molar-refractivity contribution >= 4 is 39.8 Å². The molecule has 2 aromatic heterocycles. The molecule has 29 heavy (non-hydrogen) atoms. The van der Waals surface area contributed by atoms with E-state index < -0.39 is 17.0 Å². The average molecular weight is 436 g/mol. The highest BCUT2D eigenvalue weighted by Gasteiger charge is 2.20. The Balaban J connectivity index is 1.64. The molecule has 0 aliphatic rings. The molecule has 0 aliphatic carbocycles. The number of Topliss-reactive ketones (excluding diaryl/α,β-unsaturated/α-hetero) is 1. The highest BCUT2D eigenvalue weighted by Crippen LogP contribution is 2.26. The first-order chi connectivity index (χ1) is 13.8. The largest absolute Gasteiger partial charge is 0.384 e. The number of halogens is 1. The third-order valence-electron chi connectivity index (χ3n) is 4.08. The Morgan fingerprint density at radius 2 is 1.90 bits per heavy atom. The highest BCUT2D eigenvalue weighted by molar-refractivity contribution is 8.01. The van der Waals surface area contributed by atoms with Crippen LogP contribution in [0.1, 0.15) is 15.9 Å². The molecule has 0 amide bonds. The summed E-state index contributed by atoms with van der Waals surface area (Å²) >= 11 is 2.36. The van der Waals surface area contributed by atoms with Gasteiger partial charge in [0.2, 0.25) is 5.13 Å². The molecule has 9 nitrogen and oxygen atoms in total. The number of aromatic nitrogens is 4. The molecule has 0 saturated carbocycles. The molecule has 0 unspecified atom stereocenters. The van der Waals surface area contributed by atoms with Gasteiger partial charge in [0.25, 0.3) is 5.56 Å². The quantitative estimate of drug-likeness (QED) is 0.419. The maximum absolute atomic E-state index is 12.9. The van der Waals surface area contributed by atoms with E-state index in [1.165, 1.54) is 37.6 Å². The van der Waals surface area contributed by atoms with Crippen molar-refractivity contribution in [2.75, 3.05) is 16.8 Å². The van der Waals surface area contributed by atoms with Gasteiger partial charge in [-0.2, -0.15) is 0 Å². The molecular weight excluding hydrogens is 419 g/mol. The lowest BCUT2D eigenvalue weighted by molar-refractivity contribution is 0.102. The SMILES string of the molecule is Cn1c(N)c(C(=O)CSc2nnc(NCc3ccc(F)cc3)s2)c(=O)n(C)c1=O. The Morgan fingerprint density at radius 3 is 2.59 bits per heavy atom. The van der Waals surface area contributed by atoms with Crippen molar-refractivity contribution in [2.24, 2.45) is 14.1 Å². The predicted octanol–water partition coefficient (Wildman–Crippen LogP) is 1.24. The number of hydrogen-bond acceptors (Lipinski definition) is 9. The minimum absolute atomic E-state index is 0.0791. The number of thioether (sulfide) groups is 1. The molecule has 152 valence electrons. The van der Waals surface area contributed by atoms with E-state index in [0.29, 0.717) is 16.0 Å². The Bertz CT molecular complexity index is 1170. The van der Waals surface area contributed by atoms with Crippen LogP contribution >= 0.6 is 23.1 Å². The van der Waals surface area contributed by atoms with Gasteiger partial charge in [-0.15, -0.1) is 10.2 Å². The van der Waals surface area contributed by atoms with Crippen LogP contribution in [-0.4, -0.2) is 30.9 Å². The number of benzene rings is 1. The zero-order chi connectivity index (χ0) is 21.1. The third-order valence-corrected chi connectivity index (χ3v) is 6.09. The van der Waals surface area contributed by atoms with E-state index in [4.69, 9.17) is 5.73 Å². The number of nitrogens with zero attached hydrogens (tertiary/aromatic N) is 4. The standard InChI is InChI=1S/C17H17FN6O3S2/c1-23-13(19)12(14(26)24(2)17(23)27)11(25)8-28-16-22-21-15(29-16)20-7-9-3-5-10(18)6-4-9/h3-6H,7-8,19H2,1-2H3,(H,20,21). The zero-order valence-electron chi connectivity index (χ0n) is 15.5. The molecule has 0 atom stereocenters. The van der Waals surface area contributed by atoms with Crippen LogP contribution in [0.15, 0.2) is 38.2 Å². The third kappa shape index (κ3) is 4.54. The first-order valence-corrected chi connectivity index (χ1v) is 10.1. The van der Waals surface area contributed by atoms with Gasteiger partial charge in [0.1, 0.15) is 17.2 Å². The number of rotatable bonds is 7. The molecule has 0 bridgehead atoms. The van der Waals surface area contributed by atoms with E-state index in [2.05, 4.69) is 15.5 Å². The van der Waals surface area contributed by atoms with Crippen LogP contribution in [0, 0.1) is 5.82 Å². The van der Waals surface area contributed by atoms with Crippen molar-refractivity contribution in [1.82, 2.24) is 19.3 Å². The van der Waals surface area contributed by atoms with Crippen molar-refractivity contribution in [3.63, 3.8) is 0 Å². The van der Waals surface area contributed by atoms with Crippen LogP contribution in [0.3, 0.4) is 0 Å². The van der Waals surface area contributed by atoms with E-state index in [1.807, 2.05) is 0 Å². The summed E-state index contributed by atoms with van der Waals surface area (Å²) in [6, 6.07) is 6.07. The van der Waals surface area contributed by atoms with Gasteiger partial charge >= 0.3 is 5.69 Å². The molecule has 3 aromatic rings. The maximum atomic E-state index is 12.9. The summed E-state index contributed by atoms with van der Waals surface area (Å²) in [6.07, 6.45) is 0. The Hall–Kier alpha value is -2.99. The second kappa shape index (κ2) is 8.57. The smallest absolute Gasteiger partial charge is 0.332 e. The van der Waals surface area contributed by atoms with E-state index in [9.17, 15) is 18.8 Å². The molecule has 1 aromatic carbocycles. The lowest BCUT2D eigenvalue weighted by Crippen LogP contribution is -2.41. The van der Waals surface area contributed by atoms with E-state index >= 15 is 0 Å². The minimum Gasteiger partial charge on any atom is -0.384 e. The lowest BCUT2D eigenvalue weighted by atomic mass is 10.2. The maximum Gasteiger partial charge on any atom is 0.332 e. The van der Waals surface area contributed by atoms with Crippen molar-refractivity contribution in [3.8, 4) is 0 Å². The van der Waals surface area contributed by atoms with Crippen LogP contribution in [0.4, 0.5) is 15.3 Å². The van der Waals surface area contributed by atoms with Crippen LogP contribution in [0.2, 0.25) is 0 Å². The zero-order valence-corrected chi connectivity index (χ0v) is 17.1. The normalized spacial score (nSPS) is 10.9. The number of carbonyl (C=O) groups is 1. The summed E-state index contributed by atoms with van der Waals surface area (Å²) in [5.74, 6) is -1.05. The fourth-order valence-electron chi connectivity index (χ4n) is 2.44. The molecule has 12 heteroatoms. The first-order valence-electron chi connectivity index (χ1n) is 8.31. The molecule has 0 radical (unpaired) electrons. The van der Waals surface area contributed by atoms with Gasteiger partial charge in [0.15, 0.2) is 10.1 Å². The molecule has 3 N–H and O–H groups in total. The van der Waals surface area contributed by atoms with Crippen molar-refractivity contribution in [2.45, 2.75) is 10.9 Å². The second-order valence-corrected chi connectivity index (χ2v) is 8.23. The molecular formula is C17H17FN6O3S2. The van der Waals surface area contributed by atoms with E-state index in [-0.39, 0.29) is 23.0 Å². The second-order valence-electron chi connectivity index (χ2n) is 6.03. The highest BCUT2D eigenvalue weighted by atomic mass is 32.2. The first kappa shape index (κ1) is 20.7. The predicted molar refractivity (Wildman–Crippen MR) is 110 cm³/mol. The van der Waals surface area contributed by atoms with Gasteiger partial charge in [0, 0.05) is 20.6 Å². The van der Waals surface area contributed by atoms with Crippen LogP contribution < -0.4 is 22.3 Å². The van der Waals surface area contributed by atoms with Crippen LogP contribution in [-0.2, 0) is 20.6 Å². The van der Waals surface area contributed by atoms with Gasteiger partial charge in [0.05, 0.1) is 5.75 Å². The monoisotopic (exact) mass is 436 g/mol. The summed E-state index contributed by atoms with van der Waals surface area (Å²) in [4.78, 5) is 36.6. The summed E-state index contributed by atoms with van der Waals surface area (Å²) in [5.41, 5.74) is 5.13. The van der Waals surface area contributed by atoms with E-state index in [0.717, 1.165) is 26.5 Å². The molecule has 0 aliphatic heterocycles. The van der Waals surface area contributed by atoms with Crippen molar-refractivity contribution in [3.05, 3.63) is 62.0 Å². The summed E-state index contributed by atoms with van der Waals surface area (Å²) in [6.45, 7) is 0.448. The number of anilines is 2. The van der Waals surface area contributed by atoms with Crippen molar-refractivity contribution in [1.29, 1.82) is 0 Å². The van der Waals surface area contributed by atoms with E-state index in [1.54, 1.807) is 12.1 Å². The number of nitrogen functional groups attached to an aromatic ring is 1. The Kier molecular flexibility index (Phi) is 6.13. The summed E-state index contributed by atoms with van der Waals surface area (Å²) in [5, 5.41) is 11.6. The lowest BCUT2D eigenvalue weighted by Gasteiger charge is -2.10. The summed E-state index contributed by atoms with van der Waals surface area (Å²) < 4.78 is 15.4. The number of hydrogen-bond donors (Lipinski definition) is 2. The number of carbonyl (C=O) groups excluding carboxylic acids is 1. The Labute approximate surface area is 172 Å². The minimum atomic E-state index is -0.727. The number of nitrogens with one attached hydrogen (secondary N) is 1. The van der Waals surface area contributed by atoms with Gasteiger partial charge in [-0.3, -0.25) is 18.7 Å². The number of ketones is 1. The molecule has 3 rings (SSSR count). The molecule has 0 fully saturated rings. The molecule has 0 spiro atoms. The van der Waals surface area contributed by atoms with Gasteiger partial charge in [-0.25, -0.2) is 9.18 Å². The van der Waals surface area contributed by atoms with Crippen LogP contribution in [0.25, 0.3) is 0 Å². The van der Waals surface area contributed by atoms with Gasteiger partial charge in [-0.1, -0.05) is 35.2 Å². The van der Waals surface area contributed by atoms with Crippen LogP contribution in [0.5, 0.6) is 0 Å². The fraction of sp³-hybridized carbons (Fsp3) is 0.235. The fourth-order valence-corrected chi connectivity index (χ4v) is 4.06. The van der Waals surface area contributed by atoms with Crippen molar-refractivity contribution < 1.29 is 9.18 Å². The topological polar surface area (TPSA) is 125 Å². The Morgan fingerprint density at radius 1 is 1.21 bits per heavy atom. The summed E-state index contributed by atoms with van der Waals surface area (Å²) in [7, 11) is 2.68. The number of nitrogens with two attached hydrogens (primary N) is 1. The average Bonchev–Trinajstić information content (AvgIpc) is 3.17. The van der Waals surface area contributed by atoms with Gasteiger partial charge in [-0.05, 0) is 17.7 Å². The molecule has 2 heterocycles.